The van der Waals surface area contributed by atoms with Crippen LogP contribution < -0.4 is 5.43 Å². The number of nitrogens with one attached hydrogen (secondary N) is 1. The van der Waals surface area contributed by atoms with Crippen LogP contribution in [0.1, 0.15) is 34.2 Å². The molecule has 5 heteroatoms. The Balaban J connectivity index is 2.05. The van der Waals surface area contributed by atoms with Crippen molar-refractivity contribution in [3.05, 3.63) is 52.8 Å². The van der Waals surface area contributed by atoms with Crippen LogP contribution in [0.15, 0.2) is 35.4 Å². The highest BCUT2D eigenvalue weighted by atomic mass is 16.3. The number of amides is 1. The first-order chi connectivity index (χ1) is 10.0. The van der Waals surface area contributed by atoms with Crippen LogP contribution in [0.4, 0.5) is 0 Å². The first-order valence-corrected chi connectivity index (χ1v) is 6.82. The van der Waals surface area contributed by atoms with E-state index >= 15 is 0 Å². The van der Waals surface area contributed by atoms with Crippen LogP contribution in [0, 0.1) is 13.8 Å². The van der Waals surface area contributed by atoms with Gasteiger partial charge in [-0.05, 0) is 51.1 Å². The Morgan fingerprint density at radius 3 is 2.57 bits per heavy atom. The molecule has 0 saturated carbocycles. The zero-order valence-corrected chi connectivity index (χ0v) is 12.4. The molecule has 2 N–H and O–H groups in total. The number of hydrogen-bond donors (Lipinski definition) is 2. The van der Waals surface area contributed by atoms with E-state index in [1.165, 1.54) is 17.8 Å². The number of phenolic OH excluding ortho intramolecular Hbond substituents is 1. The second-order valence-electron chi connectivity index (χ2n) is 4.82. The van der Waals surface area contributed by atoms with Gasteiger partial charge in [-0.1, -0.05) is 0 Å². The van der Waals surface area contributed by atoms with Crippen LogP contribution in [0.3, 0.4) is 0 Å². The quantitative estimate of drug-likeness (QED) is 0.670. The maximum Gasteiger partial charge on any atom is 0.271 e. The standard InChI is InChI=1S/C16H19N3O2/c1-4-19-11(2)9-14(12(19)3)10-17-18-16(21)13-5-7-15(20)8-6-13/h5-10,20H,4H2,1-3H3,(H,18,21)/b17-10-. The molecule has 0 aliphatic heterocycles. The van der Waals surface area contributed by atoms with E-state index in [9.17, 15) is 9.90 Å². The van der Waals surface area contributed by atoms with Crippen LogP contribution in [0.25, 0.3) is 0 Å². The molecule has 110 valence electrons. The molecule has 5 nitrogen and oxygen atoms in total. The summed E-state index contributed by atoms with van der Waals surface area (Å²) in [6.45, 7) is 7.07. The molecule has 0 fully saturated rings. The highest BCUT2D eigenvalue weighted by Gasteiger charge is 2.06. The van der Waals surface area contributed by atoms with Gasteiger partial charge in [-0.15, -0.1) is 0 Å². The Kier molecular flexibility index (Phi) is 4.42. The third-order valence-electron chi connectivity index (χ3n) is 3.43. The molecule has 0 aliphatic rings. The summed E-state index contributed by atoms with van der Waals surface area (Å²) in [5.41, 5.74) is 6.21. The van der Waals surface area contributed by atoms with Crippen molar-refractivity contribution < 1.29 is 9.90 Å². The van der Waals surface area contributed by atoms with Gasteiger partial charge in [-0.3, -0.25) is 4.79 Å². The summed E-state index contributed by atoms with van der Waals surface area (Å²) in [6, 6.07) is 8.06. The average Bonchev–Trinajstić information content (AvgIpc) is 2.73. The lowest BCUT2D eigenvalue weighted by Crippen LogP contribution is -2.17. The number of nitrogens with zero attached hydrogens (tertiary/aromatic N) is 2. The smallest absolute Gasteiger partial charge is 0.271 e. The van der Waals surface area contributed by atoms with Gasteiger partial charge in [-0.25, -0.2) is 5.43 Å². The van der Waals surface area contributed by atoms with E-state index in [0.717, 1.165) is 17.8 Å². The number of phenols is 1. The molecule has 2 rings (SSSR count). The largest absolute Gasteiger partial charge is 0.508 e. The van der Waals surface area contributed by atoms with E-state index in [0.29, 0.717) is 5.56 Å². The Morgan fingerprint density at radius 1 is 1.33 bits per heavy atom. The summed E-state index contributed by atoms with van der Waals surface area (Å²) in [5.74, 6) is -0.183. The van der Waals surface area contributed by atoms with Crippen LogP contribution in [0.5, 0.6) is 5.75 Å². The molecule has 2 aromatic rings. The fourth-order valence-electron chi connectivity index (χ4n) is 2.28. The van der Waals surface area contributed by atoms with E-state index in [1.807, 2.05) is 19.9 Å². The van der Waals surface area contributed by atoms with E-state index in [-0.39, 0.29) is 11.7 Å². The second-order valence-corrected chi connectivity index (χ2v) is 4.82. The van der Waals surface area contributed by atoms with Crippen LogP contribution in [0.2, 0.25) is 0 Å². The SMILES string of the molecule is CCn1c(C)cc(/C=N\NC(=O)c2ccc(O)cc2)c1C. The fraction of sp³-hybridized carbons (Fsp3) is 0.250. The predicted molar refractivity (Wildman–Crippen MR) is 82.7 cm³/mol. The minimum atomic E-state index is -0.310. The molecule has 0 spiro atoms. The number of aryl methyl sites for hydroxylation is 1. The van der Waals surface area contributed by atoms with E-state index in [2.05, 4.69) is 22.0 Å². The summed E-state index contributed by atoms with van der Waals surface area (Å²) in [4.78, 5) is 11.8. The second kappa shape index (κ2) is 6.26. The molecule has 1 aromatic heterocycles. The molecule has 0 unspecified atom stereocenters. The van der Waals surface area contributed by atoms with Crippen molar-refractivity contribution in [1.82, 2.24) is 9.99 Å². The molecule has 1 aromatic carbocycles. The van der Waals surface area contributed by atoms with E-state index < -0.39 is 0 Å². The number of carbonyl (C=O) groups excluding carboxylic acids is 1. The Labute approximate surface area is 123 Å². The number of carbonyl (C=O) groups is 1. The first kappa shape index (κ1) is 14.8. The minimum Gasteiger partial charge on any atom is -0.508 e. The summed E-state index contributed by atoms with van der Waals surface area (Å²) in [5, 5.41) is 13.2. The monoisotopic (exact) mass is 285 g/mol. The van der Waals surface area contributed by atoms with Gasteiger partial charge >= 0.3 is 0 Å². The zero-order valence-electron chi connectivity index (χ0n) is 12.4. The zero-order chi connectivity index (χ0) is 15.4. The van der Waals surface area contributed by atoms with Crippen molar-refractivity contribution in [2.45, 2.75) is 27.3 Å². The van der Waals surface area contributed by atoms with Gasteiger partial charge in [0.15, 0.2) is 0 Å². The van der Waals surface area contributed by atoms with Crippen molar-refractivity contribution in [3.8, 4) is 5.75 Å². The number of hydrogen-bond acceptors (Lipinski definition) is 3. The van der Waals surface area contributed by atoms with Gasteiger partial charge < -0.3 is 9.67 Å². The minimum absolute atomic E-state index is 0.127. The van der Waals surface area contributed by atoms with Crippen molar-refractivity contribution >= 4 is 12.1 Å². The summed E-state index contributed by atoms with van der Waals surface area (Å²) >= 11 is 0. The van der Waals surface area contributed by atoms with Crippen molar-refractivity contribution in [3.63, 3.8) is 0 Å². The van der Waals surface area contributed by atoms with Gasteiger partial charge in [0.25, 0.3) is 5.91 Å². The number of hydrazone groups is 1. The van der Waals surface area contributed by atoms with E-state index in [4.69, 9.17) is 0 Å². The third kappa shape index (κ3) is 3.31. The van der Waals surface area contributed by atoms with Gasteiger partial charge in [0.1, 0.15) is 5.75 Å². The topological polar surface area (TPSA) is 66.6 Å². The lowest BCUT2D eigenvalue weighted by atomic mass is 10.2. The third-order valence-corrected chi connectivity index (χ3v) is 3.43. The molecule has 21 heavy (non-hydrogen) atoms. The van der Waals surface area contributed by atoms with Crippen molar-refractivity contribution in [2.75, 3.05) is 0 Å². The highest BCUT2D eigenvalue weighted by Crippen LogP contribution is 2.13. The molecule has 1 amide bonds. The van der Waals surface area contributed by atoms with Gasteiger partial charge in [-0.2, -0.15) is 5.10 Å². The Hall–Kier alpha value is -2.56. The average molecular weight is 285 g/mol. The number of aromatic hydroxyl groups is 1. The lowest BCUT2D eigenvalue weighted by molar-refractivity contribution is 0.0955. The molecule has 0 saturated heterocycles. The lowest BCUT2D eigenvalue weighted by Gasteiger charge is -2.04. The maximum atomic E-state index is 11.8. The van der Waals surface area contributed by atoms with E-state index in [1.54, 1.807) is 18.3 Å². The molecule has 0 radical (unpaired) electrons. The van der Waals surface area contributed by atoms with Gasteiger partial charge in [0, 0.05) is 29.1 Å². The normalized spacial score (nSPS) is 11.0. The molecule has 0 atom stereocenters. The van der Waals surface area contributed by atoms with Crippen molar-refractivity contribution in [2.24, 2.45) is 5.10 Å². The maximum absolute atomic E-state index is 11.8. The summed E-state index contributed by atoms with van der Waals surface area (Å²) in [6.07, 6.45) is 1.65. The molecule has 0 bridgehead atoms. The molecule has 1 heterocycles. The van der Waals surface area contributed by atoms with Crippen LogP contribution in [-0.4, -0.2) is 21.8 Å². The fourth-order valence-corrected chi connectivity index (χ4v) is 2.28. The summed E-state index contributed by atoms with van der Waals surface area (Å²) < 4.78 is 2.18. The van der Waals surface area contributed by atoms with Crippen molar-refractivity contribution in [1.29, 1.82) is 0 Å². The Bertz CT molecular complexity index is 670. The Morgan fingerprint density at radius 2 is 2.00 bits per heavy atom. The predicted octanol–water partition coefficient (Wildman–Crippen LogP) is 2.59. The first-order valence-electron chi connectivity index (χ1n) is 6.82. The summed E-state index contributed by atoms with van der Waals surface area (Å²) in [7, 11) is 0. The van der Waals surface area contributed by atoms with Crippen LogP contribution >= 0.6 is 0 Å². The highest BCUT2D eigenvalue weighted by molar-refractivity contribution is 5.95. The van der Waals surface area contributed by atoms with Crippen LogP contribution in [-0.2, 0) is 6.54 Å². The van der Waals surface area contributed by atoms with Gasteiger partial charge in [0.2, 0.25) is 0 Å². The number of benzene rings is 1. The molecular formula is C16H19N3O2. The number of rotatable bonds is 4. The molecular weight excluding hydrogens is 266 g/mol. The van der Waals surface area contributed by atoms with Gasteiger partial charge in [0.05, 0.1) is 6.21 Å². The molecule has 0 aliphatic carbocycles. The number of aromatic nitrogens is 1.